The van der Waals surface area contributed by atoms with Crippen LogP contribution in [0.5, 0.6) is 0 Å². The molecular weight excluding hydrogens is 240 g/mol. The average molecular weight is 256 g/mol. The van der Waals surface area contributed by atoms with E-state index >= 15 is 0 Å². The number of carbonyl (C=O) groups is 1. The van der Waals surface area contributed by atoms with Crippen LogP contribution in [0, 0.1) is 6.92 Å². The van der Waals surface area contributed by atoms with E-state index in [0.717, 1.165) is 30.6 Å². The molecule has 0 fully saturated rings. The number of hydrazine groups is 1. The molecule has 19 heavy (non-hydrogen) atoms. The van der Waals surface area contributed by atoms with Crippen LogP contribution in [0.3, 0.4) is 0 Å². The van der Waals surface area contributed by atoms with Crippen LogP contribution in [-0.4, -0.2) is 17.6 Å². The number of benzene rings is 1. The zero-order valence-corrected chi connectivity index (χ0v) is 10.8. The highest BCUT2D eigenvalue weighted by Crippen LogP contribution is 2.32. The summed E-state index contributed by atoms with van der Waals surface area (Å²) >= 11 is 0. The SMILES string of the molecule is Cc1cccc(N2NCC3=C2C=CCC3)c1C(=O)O. The number of aromatic carboxylic acids is 1. The maximum absolute atomic E-state index is 11.5. The van der Waals surface area contributed by atoms with E-state index in [2.05, 4.69) is 17.6 Å². The van der Waals surface area contributed by atoms with Crippen molar-refractivity contribution in [2.45, 2.75) is 19.8 Å². The summed E-state index contributed by atoms with van der Waals surface area (Å²) in [6, 6.07) is 5.57. The molecule has 1 aliphatic heterocycles. The van der Waals surface area contributed by atoms with Gasteiger partial charge in [0.1, 0.15) is 0 Å². The third-order valence-electron chi connectivity index (χ3n) is 3.65. The van der Waals surface area contributed by atoms with E-state index in [9.17, 15) is 9.90 Å². The van der Waals surface area contributed by atoms with Crippen LogP contribution in [0.25, 0.3) is 0 Å². The summed E-state index contributed by atoms with van der Waals surface area (Å²) < 4.78 is 0. The second-order valence-corrected chi connectivity index (χ2v) is 4.87. The van der Waals surface area contributed by atoms with Crippen LogP contribution >= 0.6 is 0 Å². The van der Waals surface area contributed by atoms with Crippen molar-refractivity contribution in [3.8, 4) is 0 Å². The summed E-state index contributed by atoms with van der Waals surface area (Å²) in [5.41, 5.74) is 7.58. The van der Waals surface area contributed by atoms with E-state index in [1.165, 1.54) is 5.57 Å². The molecule has 3 rings (SSSR count). The molecular formula is C15H16N2O2. The predicted octanol–water partition coefficient (Wildman–Crippen LogP) is 2.62. The summed E-state index contributed by atoms with van der Waals surface area (Å²) in [4.78, 5) is 11.5. The molecule has 1 aliphatic carbocycles. The Bertz CT molecular complexity index is 602. The number of nitrogens with one attached hydrogen (secondary N) is 1. The summed E-state index contributed by atoms with van der Waals surface area (Å²) in [5.74, 6) is -0.885. The largest absolute Gasteiger partial charge is 0.478 e. The molecule has 0 bridgehead atoms. The Labute approximate surface area is 112 Å². The van der Waals surface area contributed by atoms with Gasteiger partial charge in [-0.15, -0.1) is 0 Å². The molecule has 2 aliphatic rings. The Hall–Kier alpha value is -2.07. The number of carboxylic acid groups (broad SMARTS) is 1. The van der Waals surface area contributed by atoms with Gasteiger partial charge in [-0.1, -0.05) is 18.2 Å². The number of carboxylic acids is 1. The number of hydrogen-bond acceptors (Lipinski definition) is 3. The summed E-state index contributed by atoms with van der Waals surface area (Å²) in [6.45, 7) is 2.63. The van der Waals surface area contributed by atoms with Crippen molar-refractivity contribution < 1.29 is 9.90 Å². The van der Waals surface area contributed by atoms with Gasteiger partial charge >= 0.3 is 5.97 Å². The van der Waals surface area contributed by atoms with E-state index in [1.807, 2.05) is 30.1 Å². The molecule has 4 heteroatoms. The van der Waals surface area contributed by atoms with Crippen LogP contribution in [0.4, 0.5) is 5.69 Å². The van der Waals surface area contributed by atoms with Crippen molar-refractivity contribution in [2.24, 2.45) is 0 Å². The van der Waals surface area contributed by atoms with E-state index in [4.69, 9.17) is 0 Å². The summed E-state index contributed by atoms with van der Waals surface area (Å²) in [6.07, 6.45) is 6.32. The monoisotopic (exact) mass is 256 g/mol. The third kappa shape index (κ3) is 1.94. The Morgan fingerprint density at radius 1 is 1.42 bits per heavy atom. The lowest BCUT2D eigenvalue weighted by Crippen LogP contribution is -2.32. The second-order valence-electron chi connectivity index (χ2n) is 4.87. The highest BCUT2D eigenvalue weighted by atomic mass is 16.4. The van der Waals surface area contributed by atoms with E-state index in [-0.39, 0.29) is 0 Å². The van der Waals surface area contributed by atoms with Gasteiger partial charge in [-0.2, -0.15) is 0 Å². The van der Waals surface area contributed by atoms with Gasteiger partial charge in [0.25, 0.3) is 0 Å². The standard InChI is InChI=1S/C15H16N2O2/c1-10-5-4-8-13(14(10)15(18)19)17-12-7-3-2-6-11(12)9-16-17/h3-5,7-8,16H,2,6,9H2,1H3,(H,18,19). The Balaban J connectivity index is 2.09. The Morgan fingerprint density at radius 3 is 3.05 bits per heavy atom. The van der Waals surface area contributed by atoms with Crippen molar-refractivity contribution in [1.82, 2.24) is 5.43 Å². The van der Waals surface area contributed by atoms with Crippen molar-refractivity contribution in [3.05, 3.63) is 52.7 Å². The molecule has 4 nitrogen and oxygen atoms in total. The van der Waals surface area contributed by atoms with Gasteiger partial charge < -0.3 is 5.11 Å². The lowest BCUT2D eigenvalue weighted by atomic mass is 10.0. The van der Waals surface area contributed by atoms with E-state index < -0.39 is 5.97 Å². The van der Waals surface area contributed by atoms with Crippen molar-refractivity contribution >= 4 is 11.7 Å². The van der Waals surface area contributed by atoms with Gasteiger partial charge in [0.05, 0.1) is 16.9 Å². The highest BCUT2D eigenvalue weighted by molar-refractivity contribution is 5.96. The minimum Gasteiger partial charge on any atom is -0.478 e. The molecule has 0 saturated carbocycles. The highest BCUT2D eigenvalue weighted by Gasteiger charge is 2.26. The maximum atomic E-state index is 11.5. The number of rotatable bonds is 2. The topological polar surface area (TPSA) is 52.6 Å². The fourth-order valence-electron chi connectivity index (χ4n) is 2.70. The first-order valence-electron chi connectivity index (χ1n) is 6.43. The van der Waals surface area contributed by atoms with Gasteiger partial charge in [0.2, 0.25) is 0 Å². The quantitative estimate of drug-likeness (QED) is 0.854. The maximum Gasteiger partial charge on any atom is 0.338 e. The van der Waals surface area contributed by atoms with E-state index in [1.54, 1.807) is 0 Å². The fourth-order valence-corrected chi connectivity index (χ4v) is 2.70. The molecule has 0 atom stereocenters. The normalized spacial score (nSPS) is 17.8. The van der Waals surface area contributed by atoms with Gasteiger partial charge in [-0.3, -0.25) is 5.01 Å². The number of aryl methyl sites for hydroxylation is 1. The average Bonchev–Trinajstić information content (AvgIpc) is 2.81. The van der Waals surface area contributed by atoms with Gasteiger partial charge in [-0.05, 0) is 43.0 Å². The molecule has 2 N–H and O–H groups in total. The van der Waals surface area contributed by atoms with Crippen molar-refractivity contribution in [1.29, 1.82) is 0 Å². The summed E-state index contributed by atoms with van der Waals surface area (Å²) in [5, 5.41) is 11.3. The van der Waals surface area contributed by atoms with Crippen molar-refractivity contribution in [2.75, 3.05) is 11.6 Å². The van der Waals surface area contributed by atoms with Gasteiger partial charge in [-0.25, -0.2) is 10.2 Å². The number of nitrogens with zero attached hydrogens (tertiary/aromatic N) is 1. The number of anilines is 1. The van der Waals surface area contributed by atoms with Crippen LogP contribution in [-0.2, 0) is 0 Å². The van der Waals surface area contributed by atoms with Gasteiger partial charge in [0.15, 0.2) is 0 Å². The van der Waals surface area contributed by atoms with Crippen molar-refractivity contribution in [3.63, 3.8) is 0 Å². The number of hydrogen-bond donors (Lipinski definition) is 2. The third-order valence-corrected chi connectivity index (χ3v) is 3.65. The van der Waals surface area contributed by atoms with Crippen LogP contribution in [0.2, 0.25) is 0 Å². The van der Waals surface area contributed by atoms with Crippen LogP contribution in [0.15, 0.2) is 41.6 Å². The lowest BCUT2D eigenvalue weighted by molar-refractivity contribution is 0.0697. The first-order chi connectivity index (χ1) is 9.18. The molecule has 1 aromatic rings. The minimum atomic E-state index is -0.885. The molecule has 98 valence electrons. The number of allylic oxidation sites excluding steroid dienone is 2. The molecule has 0 radical (unpaired) electrons. The zero-order valence-electron chi connectivity index (χ0n) is 10.8. The smallest absolute Gasteiger partial charge is 0.338 e. The molecule has 1 aromatic carbocycles. The van der Waals surface area contributed by atoms with Crippen LogP contribution in [0.1, 0.15) is 28.8 Å². The summed E-state index contributed by atoms with van der Waals surface area (Å²) in [7, 11) is 0. The molecule has 0 spiro atoms. The first-order valence-corrected chi connectivity index (χ1v) is 6.43. The molecule has 1 heterocycles. The first kappa shape index (κ1) is 12.0. The van der Waals surface area contributed by atoms with Crippen LogP contribution < -0.4 is 10.4 Å². The van der Waals surface area contributed by atoms with E-state index in [0.29, 0.717) is 11.3 Å². The Morgan fingerprint density at radius 2 is 2.26 bits per heavy atom. The minimum absolute atomic E-state index is 0.364. The molecule has 0 amide bonds. The molecule has 0 unspecified atom stereocenters. The second kappa shape index (κ2) is 4.55. The Kier molecular flexibility index (Phi) is 2.87. The predicted molar refractivity (Wildman–Crippen MR) is 74.0 cm³/mol. The van der Waals surface area contributed by atoms with Gasteiger partial charge in [0, 0.05) is 6.54 Å². The molecule has 0 saturated heterocycles. The molecule has 0 aromatic heterocycles. The fraction of sp³-hybridized carbons (Fsp3) is 0.267. The lowest BCUT2D eigenvalue weighted by Gasteiger charge is -2.24. The zero-order chi connectivity index (χ0) is 13.4.